The molecule has 2 aliphatic rings. The van der Waals surface area contributed by atoms with Crippen molar-refractivity contribution in [3.8, 4) is 0 Å². The molecule has 2 amide bonds. The number of rotatable bonds is 9. The van der Waals surface area contributed by atoms with Crippen LogP contribution in [0.15, 0.2) is 29.2 Å². The average Bonchev–Trinajstić information content (AvgIpc) is 3.42. The summed E-state index contributed by atoms with van der Waals surface area (Å²) < 4.78 is 32.1. The van der Waals surface area contributed by atoms with Gasteiger partial charge in [-0.2, -0.15) is 4.31 Å². The van der Waals surface area contributed by atoms with Gasteiger partial charge in [-0.1, -0.05) is 13.8 Å². The molecule has 0 bridgehead atoms. The number of carbonyl (C=O) groups is 2. The van der Waals surface area contributed by atoms with E-state index in [-0.39, 0.29) is 29.0 Å². The molecule has 172 valence electrons. The molecule has 2 heterocycles. The van der Waals surface area contributed by atoms with Crippen LogP contribution in [0.25, 0.3) is 0 Å². The first-order valence-corrected chi connectivity index (χ1v) is 12.5. The second-order valence-corrected chi connectivity index (χ2v) is 10.0. The summed E-state index contributed by atoms with van der Waals surface area (Å²) in [7, 11) is -3.55. The van der Waals surface area contributed by atoms with E-state index in [0.717, 1.165) is 13.0 Å². The lowest BCUT2D eigenvalue weighted by atomic mass is 10.0. The predicted octanol–water partition coefficient (Wildman–Crippen LogP) is 1.95. The molecule has 2 atom stereocenters. The van der Waals surface area contributed by atoms with Crippen molar-refractivity contribution in [3.05, 3.63) is 24.3 Å². The number of amides is 2. The number of sulfonamides is 1. The highest BCUT2D eigenvalue weighted by Gasteiger charge is 2.37. The highest BCUT2D eigenvalue weighted by Crippen LogP contribution is 2.28. The summed E-state index contributed by atoms with van der Waals surface area (Å²) >= 11 is 0. The maximum absolute atomic E-state index is 13.0. The van der Waals surface area contributed by atoms with Gasteiger partial charge >= 0.3 is 0 Å². The zero-order chi connectivity index (χ0) is 22.6. The molecule has 0 radical (unpaired) electrons. The minimum absolute atomic E-state index is 0.00554. The monoisotopic (exact) mass is 451 g/mol. The molecule has 0 saturated carbocycles. The number of nitrogens with zero attached hydrogens (tertiary/aromatic N) is 3. The van der Waals surface area contributed by atoms with Crippen LogP contribution in [0.5, 0.6) is 0 Å². The van der Waals surface area contributed by atoms with Gasteiger partial charge in [0.05, 0.1) is 17.4 Å². The van der Waals surface area contributed by atoms with Crippen molar-refractivity contribution in [1.29, 1.82) is 0 Å². The maximum Gasteiger partial charge on any atom is 0.243 e. The Morgan fingerprint density at radius 2 is 1.81 bits per heavy atom. The van der Waals surface area contributed by atoms with Crippen LogP contribution in [-0.4, -0.2) is 75.4 Å². The summed E-state index contributed by atoms with van der Waals surface area (Å²) in [6.45, 7) is 9.37. The molecule has 0 spiro atoms. The van der Waals surface area contributed by atoms with Gasteiger partial charge < -0.3 is 14.5 Å². The third-order valence-electron chi connectivity index (χ3n) is 6.16. The fraction of sp³-hybridized carbons (Fsp3) is 0.636. The Hall–Kier alpha value is -1.97. The molecule has 9 heteroatoms. The van der Waals surface area contributed by atoms with Gasteiger partial charge in [0, 0.05) is 57.4 Å². The van der Waals surface area contributed by atoms with Crippen LogP contribution in [-0.2, 0) is 24.3 Å². The zero-order valence-electron chi connectivity index (χ0n) is 18.6. The van der Waals surface area contributed by atoms with Crippen molar-refractivity contribution in [1.82, 2.24) is 9.21 Å². The van der Waals surface area contributed by atoms with Crippen molar-refractivity contribution >= 4 is 27.5 Å². The third kappa shape index (κ3) is 5.10. The lowest BCUT2D eigenvalue weighted by molar-refractivity contribution is -0.136. The Morgan fingerprint density at radius 3 is 2.35 bits per heavy atom. The summed E-state index contributed by atoms with van der Waals surface area (Å²) in [6.07, 6.45) is 1.14. The van der Waals surface area contributed by atoms with Crippen LogP contribution in [0.2, 0.25) is 0 Å². The fourth-order valence-electron chi connectivity index (χ4n) is 4.31. The Labute approximate surface area is 185 Å². The van der Waals surface area contributed by atoms with Gasteiger partial charge in [-0.3, -0.25) is 9.59 Å². The van der Waals surface area contributed by atoms with E-state index in [1.807, 2.05) is 11.8 Å². The van der Waals surface area contributed by atoms with Gasteiger partial charge in [0.1, 0.15) is 0 Å². The van der Waals surface area contributed by atoms with Gasteiger partial charge in [-0.15, -0.1) is 0 Å². The topological polar surface area (TPSA) is 87.2 Å². The van der Waals surface area contributed by atoms with Gasteiger partial charge in [-0.25, -0.2) is 8.42 Å². The lowest BCUT2D eigenvalue weighted by Crippen LogP contribution is -2.40. The lowest BCUT2D eigenvalue weighted by Gasteiger charge is -2.26. The minimum Gasteiger partial charge on any atom is -0.381 e. The van der Waals surface area contributed by atoms with E-state index < -0.39 is 10.0 Å². The van der Waals surface area contributed by atoms with Crippen LogP contribution in [0.1, 0.15) is 33.6 Å². The largest absolute Gasteiger partial charge is 0.381 e. The first-order chi connectivity index (χ1) is 14.8. The summed E-state index contributed by atoms with van der Waals surface area (Å²) in [5.41, 5.74) is 0.617. The standard InChI is InChI=1S/C22H33N3O5S/c1-4-23(14-17-11-12-30-16-17)22(27)18-13-21(26)25(15-18)19-7-9-20(10-8-19)31(28,29)24(5-2)6-3/h7-10,17-18H,4-6,11-16H2,1-3H3. The molecule has 2 aliphatic heterocycles. The van der Waals surface area contributed by atoms with Crippen LogP contribution >= 0.6 is 0 Å². The minimum atomic E-state index is -3.55. The van der Waals surface area contributed by atoms with Gasteiger partial charge in [0.25, 0.3) is 0 Å². The van der Waals surface area contributed by atoms with Crippen molar-refractivity contribution in [3.63, 3.8) is 0 Å². The molecule has 0 N–H and O–H groups in total. The Morgan fingerprint density at radius 1 is 1.13 bits per heavy atom. The second kappa shape index (κ2) is 10.1. The number of anilines is 1. The molecule has 8 nitrogen and oxygen atoms in total. The van der Waals surface area contributed by atoms with Crippen LogP contribution < -0.4 is 4.90 Å². The molecule has 31 heavy (non-hydrogen) atoms. The summed E-state index contributed by atoms with van der Waals surface area (Å²) in [5, 5.41) is 0. The normalized spacial score (nSPS) is 21.8. The van der Waals surface area contributed by atoms with E-state index in [0.29, 0.717) is 50.9 Å². The highest BCUT2D eigenvalue weighted by molar-refractivity contribution is 7.89. The highest BCUT2D eigenvalue weighted by atomic mass is 32.2. The number of benzene rings is 1. The van der Waals surface area contributed by atoms with Gasteiger partial charge in [0.15, 0.2) is 0 Å². The molecule has 0 aliphatic carbocycles. The van der Waals surface area contributed by atoms with Crippen LogP contribution in [0.4, 0.5) is 5.69 Å². The molecule has 2 saturated heterocycles. The Kier molecular flexibility index (Phi) is 7.72. The van der Waals surface area contributed by atoms with Crippen molar-refractivity contribution in [2.24, 2.45) is 11.8 Å². The van der Waals surface area contributed by atoms with E-state index in [2.05, 4.69) is 0 Å². The smallest absolute Gasteiger partial charge is 0.243 e. The molecule has 1 aromatic rings. The quantitative estimate of drug-likeness (QED) is 0.573. The Bertz CT molecular complexity index is 877. The molecule has 2 fully saturated rings. The summed E-state index contributed by atoms with van der Waals surface area (Å²) in [4.78, 5) is 29.3. The fourth-order valence-corrected chi connectivity index (χ4v) is 5.76. The maximum atomic E-state index is 13.0. The molecular formula is C22H33N3O5S. The van der Waals surface area contributed by atoms with E-state index >= 15 is 0 Å². The molecule has 1 aromatic carbocycles. The number of hydrogen-bond acceptors (Lipinski definition) is 5. The number of carbonyl (C=O) groups excluding carboxylic acids is 2. The third-order valence-corrected chi connectivity index (χ3v) is 8.23. The molecule has 0 aromatic heterocycles. The van der Waals surface area contributed by atoms with Gasteiger partial charge in [0.2, 0.25) is 21.8 Å². The van der Waals surface area contributed by atoms with E-state index in [4.69, 9.17) is 4.74 Å². The first-order valence-electron chi connectivity index (χ1n) is 11.1. The zero-order valence-corrected chi connectivity index (χ0v) is 19.4. The number of ether oxygens (including phenoxy) is 1. The van der Waals surface area contributed by atoms with Crippen LogP contribution in [0.3, 0.4) is 0 Å². The number of hydrogen-bond donors (Lipinski definition) is 0. The Balaban J connectivity index is 1.69. The van der Waals surface area contributed by atoms with Crippen molar-refractivity contribution in [2.45, 2.75) is 38.5 Å². The first kappa shape index (κ1) is 23.7. The summed E-state index contributed by atoms with van der Waals surface area (Å²) in [5.74, 6) is -0.129. The predicted molar refractivity (Wildman–Crippen MR) is 118 cm³/mol. The van der Waals surface area contributed by atoms with E-state index in [9.17, 15) is 18.0 Å². The molecular weight excluding hydrogens is 418 g/mol. The second-order valence-electron chi connectivity index (χ2n) is 8.10. The SMILES string of the molecule is CCN(CC1CCOC1)C(=O)C1CC(=O)N(c2ccc(S(=O)(=O)N(CC)CC)cc2)C1. The molecule has 2 unspecified atom stereocenters. The van der Waals surface area contributed by atoms with Gasteiger partial charge in [-0.05, 0) is 37.6 Å². The van der Waals surface area contributed by atoms with Crippen molar-refractivity contribution < 1.29 is 22.7 Å². The molecule has 3 rings (SSSR count). The van der Waals surface area contributed by atoms with Crippen molar-refractivity contribution in [2.75, 3.05) is 50.8 Å². The van der Waals surface area contributed by atoms with E-state index in [1.165, 1.54) is 16.4 Å². The van der Waals surface area contributed by atoms with Crippen LogP contribution in [0, 0.1) is 11.8 Å². The summed E-state index contributed by atoms with van der Waals surface area (Å²) in [6, 6.07) is 6.36. The van der Waals surface area contributed by atoms with E-state index in [1.54, 1.807) is 30.9 Å². The average molecular weight is 452 g/mol.